The maximum atomic E-state index is 11.5. The van der Waals surface area contributed by atoms with Gasteiger partial charge in [0.05, 0.1) is 0 Å². The van der Waals surface area contributed by atoms with E-state index in [-0.39, 0.29) is 5.78 Å². The fourth-order valence-corrected chi connectivity index (χ4v) is 1.83. The maximum absolute atomic E-state index is 11.5. The molecule has 0 radical (unpaired) electrons. The fraction of sp³-hybridized carbons (Fsp3) is 0.167. The highest BCUT2D eigenvalue weighted by Gasteiger charge is 2.02. The summed E-state index contributed by atoms with van der Waals surface area (Å²) in [5, 5.41) is 0. The van der Waals surface area contributed by atoms with Crippen LogP contribution in [0.25, 0.3) is 6.08 Å². The maximum Gasteiger partial charge on any atom is 0.162 e. The van der Waals surface area contributed by atoms with Crippen molar-refractivity contribution in [3.8, 4) is 5.75 Å². The molecular weight excluding hydrogens is 248 g/mol. The zero-order chi connectivity index (χ0) is 14.2. The van der Waals surface area contributed by atoms with Gasteiger partial charge in [-0.1, -0.05) is 43.3 Å². The Labute approximate surface area is 119 Å². The standard InChI is InChI=1S/C18H18O2/c1-2-18(19)16-10-12-17(13-11-16)20-14-6-9-15-7-4-3-5-8-15/h3-13H,2,14H2,1H3/b9-6+. The summed E-state index contributed by atoms with van der Waals surface area (Å²) in [5.74, 6) is 0.927. The van der Waals surface area contributed by atoms with E-state index in [1.165, 1.54) is 0 Å². The SMILES string of the molecule is CCC(=O)c1ccc(OC/C=C/c2ccccc2)cc1. The van der Waals surface area contributed by atoms with Gasteiger partial charge in [0, 0.05) is 12.0 Å². The van der Waals surface area contributed by atoms with Crippen LogP contribution in [-0.4, -0.2) is 12.4 Å². The Morgan fingerprint density at radius 2 is 1.75 bits per heavy atom. The lowest BCUT2D eigenvalue weighted by molar-refractivity contribution is 0.0988. The van der Waals surface area contributed by atoms with Crippen LogP contribution in [0.15, 0.2) is 60.7 Å². The second kappa shape index (κ2) is 7.29. The minimum Gasteiger partial charge on any atom is -0.490 e. The predicted molar refractivity (Wildman–Crippen MR) is 82.0 cm³/mol. The summed E-state index contributed by atoms with van der Waals surface area (Å²) >= 11 is 0. The molecule has 0 aromatic heterocycles. The van der Waals surface area contributed by atoms with Crippen molar-refractivity contribution in [2.24, 2.45) is 0 Å². The Morgan fingerprint density at radius 1 is 1.05 bits per heavy atom. The van der Waals surface area contributed by atoms with Crippen LogP contribution in [0, 0.1) is 0 Å². The molecule has 2 nitrogen and oxygen atoms in total. The summed E-state index contributed by atoms with van der Waals surface area (Å²) in [4.78, 5) is 11.5. The molecule has 0 saturated carbocycles. The van der Waals surface area contributed by atoms with E-state index < -0.39 is 0 Å². The summed E-state index contributed by atoms with van der Waals surface area (Å²) in [7, 11) is 0. The first-order valence-corrected chi connectivity index (χ1v) is 6.77. The summed E-state index contributed by atoms with van der Waals surface area (Å²) in [5.41, 5.74) is 1.89. The van der Waals surface area contributed by atoms with Crippen LogP contribution < -0.4 is 4.74 Å². The Bertz CT molecular complexity index is 568. The molecule has 102 valence electrons. The molecular formula is C18H18O2. The van der Waals surface area contributed by atoms with E-state index in [0.29, 0.717) is 13.0 Å². The molecule has 2 heteroatoms. The van der Waals surface area contributed by atoms with Gasteiger partial charge in [-0.25, -0.2) is 0 Å². The summed E-state index contributed by atoms with van der Waals surface area (Å²) in [6.07, 6.45) is 4.52. The topological polar surface area (TPSA) is 26.3 Å². The van der Waals surface area contributed by atoms with E-state index in [2.05, 4.69) is 0 Å². The lowest BCUT2D eigenvalue weighted by atomic mass is 10.1. The molecule has 2 aromatic carbocycles. The number of ketones is 1. The molecule has 0 aliphatic heterocycles. The Kier molecular flexibility index (Phi) is 5.13. The van der Waals surface area contributed by atoms with Gasteiger partial charge in [-0.3, -0.25) is 4.79 Å². The Morgan fingerprint density at radius 3 is 2.40 bits per heavy atom. The largest absolute Gasteiger partial charge is 0.490 e. The average molecular weight is 266 g/mol. The van der Waals surface area contributed by atoms with E-state index >= 15 is 0 Å². The molecule has 0 spiro atoms. The Hall–Kier alpha value is -2.35. The van der Waals surface area contributed by atoms with Crippen LogP contribution in [0.4, 0.5) is 0 Å². The number of carbonyl (C=O) groups excluding carboxylic acids is 1. The van der Waals surface area contributed by atoms with Crippen molar-refractivity contribution in [2.45, 2.75) is 13.3 Å². The first-order valence-electron chi connectivity index (χ1n) is 6.77. The van der Waals surface area contributed by atoms with Gasteiger partial charge in [-0.2, -0.15) is 0 Å². The minimum atomic E-state index is 0.153. The van der Waals surface area contributed by atoms with Crippen molar-refractivity contribution < 1.29 is 9.53 Å². The summed E-state index contributed by atoms with van der Waals surface area (Å²) in [6.45, 7) is 2.37. The highest BCUT2D eigenvalue weighted by Crippen LogP contribution is 2.13. The average Bonchev–Trinajstić information content (AvgIpc) is 2.52. The monoisotopic (exact) mass is 266 g/mol. The van der Waals surface area contributed by atoms with Crippen LogP contribution in [0.5, 0.6) is 5.75 Å². The lowest BCUT2D eigenvalue weighted by Crippen LogP contribution is -1.97. The van der Waals surface area contributed by atoms with Gasteiger partial charge < -0.3 is 4.74 Å². The number of benzene rings is 2. The Balaban J connectivity index is 1.85. The van der Waals surface area contributed by atoms with Crippen LogP contribution in [-0.2, 0) is 0 Å². The normalized spacial score (nSPS) is 10.7. The highest BCUT2D eigenvalue weighted by molar-refractivity contribution is 5.95. The molecule has 0 heterocycles. The number of Topliss-reactive ketones (excluding diaryl/α,β-unsaturated/α-hetero) is 1. The van der Waals surface area contributed by atoms with Crippen molar-refractivity contribution in [1.82, 2.24) is 0 Å². The number of hydrogen-bond donors (Lipinski definition) is 0. The molecule has 2 rings (SSSR count). The van der Waals surface area contributed by atoms with Gasteiger partial charge in [0.2, 0.25) is 0 Å². The summed E-state index contributed by atoms with van der Waals surface area (Å²) < 4.78 is 5.60. The molecule has 0 unspecified atom stereocenters. The van der Waals surface area contributed by atoms with E-state index in [0.717, 1.165) is 16.9 Å². The quantitative estimate of drug-likeness (QED) is 0.726. The number of ether oxygens (including phenoxy) is 1. The number of rotatable bonds is 6. The van der Waals surface area contributed by atoms with Crippen molar-refractivity contribution in [3.05, 3.63) is 71.8 Å². The smallest absolute Gasteiger partial charge is 0.162 e. The number of carbonyl (C=O) groups is 1. The van der Waals surface area contributed by atoms with Crippen LogP contribution >= 0.6 is 0 Å². The van der Waals surface area contributed by atoms with Crippen molar-refractivity contribution in [1.29, 1.82) is 0 Å². The zero-order valence-electron chi connectivity index (χ0n) is 11.6. The molecule has 0 aliphatic carbocycles. The third-order valence-electron chi connectivity index (χ3n) is 2.95. The van der Waals surface area contributed by atoms with Gasteiger partial charge in [-0.15, -0.1) is 0 Å². The summed E-state index contributed by atoms with van der Waals surface area (Å²) in [6, 6.07) is 17.4. The van der Waals surface area contributed by atoms with E-state index in [9.17, 15) is 4.79 Å². The first-order chi connectivity index (χ1) is 9.79. The van der Waals surface area contributed by atoms with E-state index in [1.54, 1.807) is 0 Å². The highest BCUT2D eigenvalue weighted by atomic mass is 16.5. The van der Waals surface area contributed by atoms with Gasteiger partial charge in [0.15, 0.2) is 5.78 Å². The fourth-order valence-electron chi connectivity index (χ4n) is 1.83. The second-order valence-corrected chi connectivity index (χ2v) is 4.43. The molecule has 2 aromatic rings. The molecule has 0 amide bonds. The van der Waals surface area contributed by atoms with Gasteiger partial charge in [0.25, 0.3) is 0 Å². The lowest BCUT2D eigenvalue weighted by Gasteiger charge is -2.04. The molecule has 0 saturated heterocycles. The van der Waals surface area contributed by atoms with Gasteiger partial charge in [-0.05, 0) is 35.9 Å². The third-order valence-corrected chi connectivity index (χ3v) is 2.95. The second-order valence-electron chi connectivity index (χ2n) is 4.43. The molecule has 20 heavy (non-hydrogen) atoms. The molecule has 0 aliphatic rings. The van der Waals surface area contributed by atoms with Crippen molar-refractivity contribution >= 4 is 11.9 Å². The first kappa shape index (κ1) is 14.1. The van der Waals surface area contributed by atoms with E-state index in [1.807, 2.05) is 73.7 Å². The number of hydrogen-bond acceptors (Lipinski definition) is 2. The molecule has 0 atom stereocenters. The van der Waals surface area contributed by atoms with E-state index in [4.69, 9.17) is 4.74 Å². The van der Waals surface area contributed by atoms with Crippen molar-refractivity contribution in [3.63, 3.8) is 0 Å². The van der Waals surface area contributed by atoms with Crippen LogP contribution in [0.1, 0.15) is 29.3 Å². The molecule has 0 bridgehead atoms. The molecule has 0 fully saturated rings. The van der Waals surface area contributed by atoms with Crippen molar-refractivity contribution in [2.75, 3.05) is 6.61 Å². The minimum absolute atomic E-state index is 0.153. The van der Waals surface area contributed by atoms with Crippen LogP contribution in [0.2, 0.25) is 0 Å². The van der Waals surface area contributed by atoms with Gasteiger partial charge in [0.1, 0.15) is 12.4 Å². The van der Waals surface area contributed by atoms with Crippen LogP contribution in [0.3, 0.4) is 0 Å². The molecule has 0 N–H and O–H groups in total. The zero-order valence-corrected chi connectivity index (χ0v) is 11.6. The predicted octanol–water partition coefficient (Wildman–Crippen LogP) is 4.37. The third kappa shape index (κ3) is 4.09. The van der Waals surface area contributed by atoms with Gasteiger partial charge >= 0.3 is 0 Å².